The van der Waals surface area contributed by atoms with Crippen LogP contribution in [-0.2, 0) is 11.3 Å². The number of halogens is 1. The van der Waals surface area contributed by atoms with Crippen LogP contribution in [0.2, 0.25) is 0 Å². The summed E-state index contributed by atoms with van der Waals surface area (Å²) in [5, 5.41) is 0. The van der Waals surface area contributed by atoms with Gasteiger partial charge in [0.25, 0.3) is 0 Å². The molecule has 1 aliphatic rings. The molecule has 0 atom stereocenters. The number of rotatable bonds is 6. The normalized spacial score (nSPS) is 14.6. The fourth-order valence-electron chi connectivity index (χ4n) is 2.90. The van der Waals surface area contributed by atoms with Crippen molar-refractivity contribution in [3.63, 3.8) is 0 Å². The first-order valence-electron chi connectivity index (χ1n) is 8.60. The maximum absolute atomic E-state index is 11.7. The van der Waals surface area contributed by atoms with E-state index in [9.17, 15) is 4.79 Å². The van der Waals surface area contributed by atoms with E-state index in [1.807, 2.05) is 6.07 Å². The summed E-state index contributed by atoms with van der Waals surface area (Å²) in [5.41, 5.74) is 3.10. The molecule has 0 saturated carbocycles. The van der Waals surface area contributed by atoms with Crippen molar-refractivity contribution in [2.24, 2.45) is 0 Å². The van der Waals surface area contributed by atoms with Crippen molar-refractivity contribution >= 4 is 21.9 Å². The zero-order valence-corrected chi connectivity index (χ0v) is 16.4. The SMILES string of the molecule is COC(=O)c1ccc(Br)c(OCC2=CCN(Cc3ccccc3)CC2)c1. The first-order valence-corrected chi connectivity index (χ1v) is 9.40. The first kappa shape index (κ1) is 18.7. The van der Waals surface area contributed by atoms with Gasteiger partial charge in [-0.25, -0.2) is 4.79 Å². The minimum Gasteiger partial charge on any atom is -0.488 e. The lowest BCUT2D eigenvalue weighted by Crippen LogP contribution is -2.29. The quantitative estimate of drug-likeness (QED) is 0.516. The molecule has 136 valence electrons. The van der Waals surface area contributed by atoms with Crippen LogP contribution in [-0.4, -0.2) is 37.7 Å². The summed E-state index contributed by atoms with van der Waals surface area (Å²) in [6.07, 6.45) is 3.23. The van der Waals surface area contributed by atoms with Crippen LogP contribution in [0, 0.1) is 0 Å². The summed E-state index contributed by atoms with van der Waals surface area (Å²) >= 11 is 3.47. The summed E-state index contributed by atoms with van der Waals surface area (Å²) in [4.78, 5) is 14.1. The Balaban J connectivity index is 1.55. The van der Waals surface area contributed by atoms with Gasteiger partial charge >= 0.3 is 5.97 Å². The molecular weight excluding hydrogens is 394 g/mol. The number of hydrogen-bond donors (Lipinski definition) is 0. The van der Waals surface area contributed by atoms with Crippen molar-refractivity contribution in [3.8, 4) is 5.75 Å². The molecule has 2 aromatic carbocycles. The molecule has 5 heteroatoms. The molecule has 0 N–H and O–H groups in total. The van der Waals surface area contributed by atoms with Crippen LogP contribution < -0.4 is 4.74 Å². The third-order valence-corrected chi connectivity index (χ3v) is 5.06. The second-order valence-corrected chi connectivity index (χ2v) is 7.11. The lowest BCUT2D eigenvalue weighted by Gasteiger charge is -2.26. The van der Waals surface area contributed by atoms with E-state index in [1.165, 1.54) is 18.2 Å². The van der Waals surface area contributed by atoms with Crippen molar-refractivity contribution in [2.75, 3.05) is 26.8 Å². The van der Waals surface area contributed by atoms with Gasteiger partial charge in [-0.2, -0.15) is 0 Å². The predicted molar refractivity (Wildman–Crippen MR) is 105 cm³/mol. The summed E-state index contributed by atoms with van der Waals surface area (Å²) < 4.78 is 11.5. The Morgan fingerprint density at radius 2 is 2.00 bits per heavy atom. The Morgan fingerprint density at radius 3 is 2.69 bits per heavy atom. The average Bonchev–Trinajstić information content (AvgIpc) is 2.68. The minimum absolute atomic E-state index is 0.365. The molecule has 3 rings (SSSR count). The highest BCUT2D eigenvalue weighted by molar-refractivity contribution is 9.10. The van der Waals surface area contributed by atoms with Crippen LogP contribution >= 0.6 is 15.9 Å². The number of esters is 1. The Hall–Kier alpha value is -2.11. The highest BCUT2D eigenvalue weighted by atomic mass is 79.9. The van der Waals surface area contributed by atoms with Crippen molar-refractivity contribution in [2.45, 2.75) is 13.0 Å². The average molecular weight is 416 g/mol. The highest BCUT2D eigenvalue weighted by Gasteiger charge is 2.14. The predicted octanol–water partition coefficient (Wildman–Crippen LogP) is 4.45. The number of benzene rings is 2. The second kappa shape index (κ2) is 9.01. The van der Waals surface area contributed by atoms with Gasteiger partial charge in [-0.3, -0.25) is 4.90 Å². The molecular formula is C21H22BrNO3. The molecule has 0 bridgehead atoms. The lowest BCUT2D eigenvalue weighted by atomic mass is 10.1. The topological polar surface area (TPSA) is 38.8 Å². The molecule has 1 aliphatic heterocycles. The minimum atomic E-state index is -0.365. The first-order chi connectivity index (χ1) is 12.7. The third kappa shape index (κ3) is 4.96. The van der Waals surface area contributed by atoms with Crippen molar-refractivity contribution in [1.82, 2.24) is 4.90 Å². The Morgan fingerprint density at radius 1 is 1.19 bits per heavy atom. The van der Waals surface area contributed by atoms with Gasteiger partial charge in [-0.15, -0.1) is 0 Å². The van der Waals surface area contributed by atoms with Crippen LogP contribution in [0.5, 0.6) is 5.75 Å². The fraction of sp³-hybridized carbons (Fsp3) is 0.286. The van der Waals surface area contributed by atoms with Crippen LogP contribution in [0.25, 0.3) is 0 Å². The molecule has 0 aromatic heterocycles. The number of nitrogens with zero attached hydrogens (tertiary/aromatic N) is 1. The van der Waals surface area contributed by atoms with E-state index in [0.29, 0.717) is 17.9 Å². The number of carbonyl (C=O) groups is 1. The molecule has 2 aromatic rings. The van der Waals surface area contributed by atoms with Crippen LogP contribution in [0.15, 0.2) is 64.7 Å². The van der Waals surface area contributed by atoms with Gasteiger partial charge in [-0.1, -0.05) is 36.4 Å². The van der Waals surface area contributed by atoms with Crippen molar-refractivity contribution in [1.29, 1.82) is 0 Å². The maximum Gasteiger partial charge on any atom is 0.337 e. The third-order valence-electron chi connectivity index (χ3n) is 4.40. The molecule has 26 heavy (non-hydrogen) atoms. The second-order valence-electron chi connectivity index (χ2n) is 6.26. The van der Waals surface area contributed by atoms with E-state index >= 15 is 0 Å². The zero-order valence-electron chi connectivity index (χ0n) is 14.8. The number of carbonyl (C=O) groups excluding carboxylic acids is 1. The smallest absolute Gasteiger partial charge is 0.337 e. The summed E-state index contributed by atoms with van der Waals surface area (Å²) in [7, 11) is 1.37. The molecule has 0 fully saturated rings. The number of ether oxygens (including phenoxy) is 2. The van der Waals surface area contributed by atoms with Crippen molar-refractivity contribution < 1.29 is 14.3 Å². The maximum atomic E-state index is 11.7. The van der Waals surface area contributed by atoms with E-state index in [1.54, 1.807) is 18.2 Å². The summed E-state index contributed by atoms with van der Waals surface area (Å²) in [6, 6.07) is 15.7. The van der Waals surface area contributed by atoms with Gasteiger partial charge in [0, 0.05) is 19.6 Å². The van der Waals surface area contributed by atoms with E-state index in [-0.39, 0.29) is 5.97 Å². The molecule has 1 heterocycles. The molecule has 4 nitrogen and oxygen atoms in total. The van der Waals surface area contributed by atoms with Gasteiger partial charge in [0.15, 0.2) is 0 Å². The number of hydrogen-bond acceptors (Lipinski definition) is 4. The van der Waals surface area contributed by atoms with Crippen LogP contribution in [0.3, 0.4) is 0 Å². The molecule has 0 spiro atoms. The van der Waals surface area contributed by atoms with Gasteiger partial charge in [-0.05, 0) is 51.7 Å². The van der Waals surface area contributed by atoms with Gasteiger partial charge < -0.3 is 9.47 Å². The molecule has 0 radical (unpaired) electrons. The molecule has 0 saturated heterocycles. The van der Waals surface area contributed by atoms with Gasteiger partial charge in [0.2, 0.25) is 0 Å². The van der Waals surface area contributed by atoms with E-state index < -0.39 is 0 Å². The monoisotopic (exact) mass is 415 g/mol. The highest BCUT2D eigenvalue weighted by Crippen LogP contribution is 2.27. The Labute approximate surface area is 162 Å². The van der Waals surface area contributed by atoms with Crippen LogP contribution in [0.4, 0.5) is 0 Å². The van der Waals surface area contributed by atoms with E-state index in [2.05, 4.69) is 51.2 Å². The largest absolute Gasteiger partial charge is 0.488 e. The van der Waals surface area contributed by atoms with Crippen LogP contribution in [0.1, 0.15) is 22.3 Å². The molecule has 0 unspecified atom stereocenters. The van der Waals surface area contributed by atoms with E-state index in [4.69, 9.17) is 9.47 Å². The zero-order chi connectivity index (χ0) is 18.4. The summed E-state index contributed by atoms with van der Waals surface area (Å²) in [5.74, 6) is 0.288. The fourth-order valence-corrected chi connectivity index (χ4v) is 3.26. The number of methoxy groups -OCH3 is 1. The van der Waals surface area contributed by atoms with Gasteiger partial charge in [0.1, 0.15) is 12.4 Å². The standard InChI is InChI=1S/C21H22BrNO3/c1-25-21(24)18-7-8-19(22)20(13-18)26-15-17-9-11-23(12-10-17)14-16-5-3-2-4-6-16/h2-9,13H,10-12,14-15H2,1H3. The van der Waals surface area contributed by atoms with E-state index in [0.717, 1.165) is 30.5 Å². The molecule has 0 amide bonds. The Bertz CT molecular complexity index is 789. The Kier molecular flexibility index (Phi) is 6.47. The van der Waals surface area contributed by atoms with Gasteiger partial charge in [0.05, 0.1) is 17.1 Å². The van der Waals surface area contributed by atoms with Crippen molar-refractivity contribution in [3.05, 3.63) is 75.8 Å². The molecule has 0 aliphatic carbocycles. The summed E-state index contributed by atoms with van der Waals surface area (Å²) in [6.45, 7) is 3.45. The lowest BCUT2D eigenvalue weighted by molar-refractivity contribution is 0.0600.